The molecule has 11 nitrogen and oxygen atoms in total. The summed E-state index contributed by atoms with van der Waals surface area (Å²) in [5.41, 5.74) is 1.62. The molecule has 5 aromatic rings. The number of aromatic nitrogens is 7. The van der Waals surface area contributed by atoms with E-state index in [1.54, 1.807) is 53.9 Å². The molecule has 154 valence electrons. The molecule has 0 aliphatic heterocycles. The average Bonchev–Trinajstić information content (AvgIpc) is 3.40. The monoisotopic (exact) mass is 416 g/mol. The highest BCUT2D eigenvalue weighted by molar-refractivity contribution is 5.78. The van der Waals surface area contributed by atoms with Crippen LogP contribution in [0, 0.1) is 6.92 Å². The third kappa shape index (κ3) is 3.52. The molecule has 0 spiro atoms. The minimum atomic E-state index is -0.339. The number of nitrogens with one attached hydrogen (secondary N) is 1. The number of para-hydroxylation sites is 1. The van der Waals surface area contributed by atoms with Gasteiger partial charge >= 0.3 is 0 Å². The SMILES string of the molecule is Cc1noc(-c2ccn3c(CNC(=O)Cn4cnc5ccccc5c4=O)nnc3c2)n1. The maximum absolute atomic E-state index is 12.5. The Morgan fingerprint density at radius 2 is 2.06 bits per heavy atom. The molecule has 0 fully saturated rings. The molecule has 0 unspecified atom stereocenters. The Morgan fingerprint density at radius 1 is 1.19 bits per heavy atom. The van der Waals surface area contributed by atoms with Crippen molar-refractivity contribution < 1.29 is 9.32 Å². The van der Waals surface area contributed by atoms with E-state index in [9.17, 15) is 9.59 Å². The van der Waals surface area contributed by atoms with E-state index in [0.29, 0.717) is 34.1 Å². The first-order chi connectivity index (χ1) is 15.1. The average molecular weight is 416 g/mol. The van der Waals surface area contributed by atoms with Crippen molar-refractivity contribution in [3.8, 4) is 11.5 Å². The lowest BCUT2D eigenvalue weighted by molar-refractivity contribution is -0.121. The third-order valence-electron chi connectivity index (χ3n) is 4.74. The summed E-state index contributed by atoms with van der Waals surface area (Å²) < 4.78 is 8.19. The van der Waals surface area contributed by atoms with E-state index in [-0.39, 0.29) is 24.6 Å². The van der Waals surface area contributed by atoms with Gasteiger partial charge in [0.15, 0.2) is 17.3 Å². The van der Waals surface area contributed by atoms with Crippen molar-refractivity contribution in [2.24, 2.45) is 0 Å². The quantitative estimate of drug-likeness (QED) is 0.450. The summed E-state index contributed by atoms with van der Waals surface area (Å²) in [7, 11) is 0. The Labute approximate surface area is 174 Å². The van der Waals surface area contributed by atoms with E-state index in [1.165, 1.54) is 10.9 Å². The number of amides is 1. The van der Waals surface area contributed by atoms with Gasteiger partial charge < -0.3 is 9.84 Å². The maximum Gasteiger partial charge on any atom is 0.261 e. The van der Waals surface area contributed by atoms with E-state index in [1.807, 2.05) is 0 Å². The van der Waals surface area contributed by atoms with Gasteiger partial charge in [-0.3, -0.25) is 18.6 Å². The zero-order valence-corrected chi connectivity index (χ0v) is 16.4. The molecule has 0 saturated carbocycles. The van der Waals surface area contributed by atoms with E-state index in [0.717, 1.165) is 5.56 Å². The van der Waals surface area contributed by atoms with Crippen LogP contribution in [0.1, 0.15) is 11.6 Å². The van der Waals surface area contributed by atoms with Crippen molar-refractivity contribution in [3.05, 3.63) is 70.9 Å². The molecule has 1 amide bonds. The first-order valence-electron chi connectivity index (χ1n) is 9.44. The molecule has 0 aliphatic carbocycles. The minimum absolute atomic E-state index is 0.145. The lowest BCUT2D eigenvalue weighted by Gasteiger charge is -2.07. The maximum atomic E-state index is 12.5. The molecule has 4 heterocycles. The fourth-order valence-corrected chi connectivity index (χ4v) is 3.22. The number of hydrogen-bond acceptors (Lipinski definition) is 8. The van der Waals surface area contributed by atoms with Crippen LogP contribution in [0.4, 0.5) is 0 Å². The van der Waals surface area contributed by atoms with Crippen molar-refractivity contribution in [2.75, 3.05) is 0 Å². The molecular formula is C20H16N8O3. The Bertz CT molecular complexity index is 1480. The number of aryl methyl sites for hydroxylation is 1. The molecule has 0 bridgehead atoms. The molecule has 0 atom stereocenters. The number of rotatable bonds is 5. The summed E-state index contributed by atoms with van der Waals surface area (Å²) in [5, 5.41) is 15.3. The van der Waals surface area contributed by atoms with Crippen LogP contribution in [0.15, 0.2) is 58.2 Å². The first-order valence-corrected chi connectivity index (χ1v) is 9.44. The summed E-state index contributed by atoms with van der Waals surface area (Å²) in [6.07, 6.45) is 3.14. The number of fused-ring (bicyclic) bond motifs is 2. The van der Waals surface area contributed by atoms with Gasteiger partial charge in [-0.25, -0.2) is 4.98 Å². The molecule has 0 saturated heterocycles. The fourth-order valence-electron chi connectivity index (χ4n) is 3.22. The van der Waals surface area contributed by atoms with Crippen LogP contribution in [-0.4, -0.2) is 40.2 Å². The molecule has 0 radical (unpaired) electrons. The van der Waals surface area contributed by atoms with Crippen molar-refractivity contribution in [1.29, 1.82) is 0 Å². The largest absolute Gasteiger partial charge is 0.347 e. The van der Waals surface area contributed by atoms with Crippen LogP contribution in [0.5, 0.6) is 0 Å². The summed E-state index contributed by atoms with van der Waals surface area (Å²) in [4.78, 5) is 33.3. The zero-order valence-electron chi connectivity index (χ0n) is 16.4. The Morgan fingerprint density at radius 3 is 2.90 bits per heavy atom. The second kappa shape index (κ2) is 7.44. The Kier molecular flexibility index (Phi) is 4.47. The highest BCUT2D eigenvalue weighted by Gasteiger charge is 2.12. The number of benzene rings is 1. The van der Waals surface area contributed by atoms with Crippen LogP contribution in [0.2, 0.25) is 0 Å². The van der Waals surface area contributed by atoms with Gasteiger partial charge in [-0.15, -0.1) is 10.2 Å². The fraction of sp³-hybridized carbons (Fsp3) is 0.150. The van der Waals surface area contributed by atoms with Crippen molar-refractivity contribution >= 4 is 22.5 Å². The van der Waals surface area contributed by atoms with Crippen molar-refractivity contribution in [2.45, 2.75) is 20.0 Å². The highest BCUT2D eigenvalue weighted by atomic mass is 16.5. The summed E-state index contributed by atoms with van der Waals surface area (Å²) in [6.45, 7) is 1.74. The van der Waals surface area contributed by atoms with Gasteiger partial charge in [0.25, 0.3) is 11.4 Å². The third-order valence-corrected chi connectivity index (χ3v) is 4.74. The number of carbonyl (C=O) groups is 1. The number of hydrogen-bond donors (Lipinski definition) is 1. The predicted octanol–water partition coefficient (Wildman–Crippen LogP) is 1.11. The lowest BCUT2D eigenvalue weighted by Crippen LogP contribution is -2.32. The van der Waals surface area contributed by atoms with E-state index >= 15 is 0 Å². The van der Waals surface area contributed by atoms with Crippen molar-refractivity contribution in [1.82, 2.24) is 39.6 Å². The zero-order chi connectivity index (χ0) is 21.4. The standard InChI is InChI=1S/C20H16N8O3/c1-12-23-19(31-26-12)13-6-7-28-16(8-13)24-25-17(28)9-21-18(29)10-27-11-22-15-5-3-2-4-14(15)20(27)30/h2-8,11H,9-10H2,1H3,(H,21,29). The van der Waals surface area contributed by atoms with Crippen LogP contribution >= 0.6 is 0 Å². The summed E-state index contributed by atoms with van der Waals surface area (Å²) in [5.74, 6) is 1.14. The van der Waals surface area contributed by atoms with Gasteiger partial charge in [0.1, 0.15) is 6.54 Å². The second-order valence-corrected chi connectivity index (χ2v) is 6.88. The summed E-state index contributed by atoms with van der Waals surface area (Å²) >= 11 is 0. The van der Waals surface area contributed by atoms with Gasteiger partial charge in [0.2, 0.25) is 5.91 Å². The van der Waals surface area contributed by atoms with Crippen LogP contribution in [0.3, 0.4) is 0 Å². The molecular weight excluding hydrogens is 400 g/mol. The topological polar surface area (TPSA) is 133 Å². The molecule has 31 heavy (non-hydrogen) atoms. The minimum Gasteiger partial charge on any atom is -0.347 e. The van der Waals surface area contributed by atoms with Crippen LogP contribution in [-0.2, 0) is 17.9 Å². The normalized spacial score (nSPS) is 11.3. The van der Waals surface area contributed by atoms with E-state index in [4.69, 9.17) is 4.52 Å². The van der Waals surface area contributed by atoms with Gasteiger partial charge in [0, 0.05) is 11.8 Å². The van der Waals surface area contributed by atoms with Gasteiger partial charge in [-0.1, -0.05) is 17.3 Å². The molecule has 5 rings (SSSR count). The predicted molar refractivity (Wildman–Crippen MR) is 109 cm³/mol. The van der Waals surface area contributed by atoms with Crippen LogP contribution in [0.25, 0.3) is 28.0 Å². The molecule has 4 aromatic heterocycles. The van der Waals surface area contributed by atoms with Gasteiger partial charge in [0.05, 0.1) is 23.8 Å². The first kappa shape index (κ1) is 18.6. The molecule has 11 heteroatoms. The molecule has 0 aliphatic rings. The smallest absolute Gasteiger partial charge is 0.261 e. The van der Waals surface area contributed by atoms with Crippen LogP contribution < -0.4 is 10.9 Å². The highest BCUT2D eigenvalue weighted by Crippen LogP contribution is 2.18. The van der Waals surface area contributed by atoms with Gasteiger partial charge in [-0.05, 0) is 31.2 Å². The number of pyridine rings is 1. The summed E-state index contributed by atoms with van der Waals surface area (Å²) in [6, 6.07) is 10.6. The Balaban J connectivity index is 1.30. The molecule has 1 aromatic carbocycles. The van der Waals surface area contributed by atoms with Gasteiger partial charge in [-0.2, -0.15) is 4.98 Å². The second-order valence-electron chi connectivity index (χ2n) is 6.88. The Hall–Kier alpha value is -4.41. The molecule has 1 N–H and O–H groups in total. The number of carbonyl (C=O) groups excluding carboxylic acids is 1. The van der Waals surface area contributed by atoms with Crippen molar-refractivity contribution in [3.63, 3.8) is 0 Å². The van der Waals surface area contributed by atoms with E-state index < -0.39 is 0 Å². The van der Waals surface area contributed by atoms with E-state index in [2.05, 4.69) is 30.6 Å². The number of nitrogens with zero attached hydrogens (tertiary/aromatic N) is 7. The lowest BCUT2D eigenvalue weighted by atomic mass is 10.2.